The van der Waals surface area contributed by atoms with E-state index in [1.807, 2.05) is 0 Å². The van der Waals surface area contributed by atoms with Crippen LogP contribution in [0.25, 0.3) is 0 Å². The van der Waals surface area contributed by atoms with Gasteiger partial charge in [0.15, 0.2) is 12.4 Å². The van der Waals surface area contributed by atoms with Crippen LogP contribution >= 0.6 is 0 Å². The quantitative estimate of drug-likeness (QED) is 0.736. The number of rotatable bonds is 3. The number of tetrazole rings is 1. The minimum atomic E-state index is -0.967. The zero-order valence-electron chi connectivity index (χ0n) is 8.17. The first-order valence-electron chi connectivity index (χ1n) is 4.83. The van der Waals surface area contributed by atoms with Crippen LogP contribution < -0.4 is 0 Å². The van der Waals surface area contributed by atoms with Gasteiger partial charge < -0.3 is 9.84 Å². The van der Waals surface area contributed by atoms with E-state index in [0.29, 0.717) is 19.0 Å². The first-order valence-corrected chi connectivity index (χ1v) is 4.83. The molecule has 1 aliphatic heterocycles. The van der Waals surface area contributed by atoms with Crippen molar-refractivity contribution in [2.45, 2.75) is 25.3 Å². The highest BCUT2D eigenvalue weighted by Crippen LogP contribution is 2.22. The van der Waals surface area contributed by atoms with Crippen LogP contribution in [-0.2, 0) is 16.1 Å². The Hall–Kier alpha value is -1.50. The summed E-state index contributed by atoms with van der Waals surface area (Å²) < 4.78 is 5.22. The molecule has 1 saturated heterocycles. The molecule has 1 aliphatic rings. The van der Waals surface area contributed by atoms with Gasteiger partial charge in [0.1, 0.15) is 0 Å². The molecule has 1 fully saturated rings. The highest BCUT2D eigenvalue weighted by molar-refractivity contribution is 5.66. The fourth-order valence-electron chi connectivity index (χ4n) is 1.56. The van der Waals surface area contributed by atoms with E-state index >= 15 is 0 Å². The number of carboxylic acids is 1. The maximum Gasteiger partial charge on any atom is 0.327 e. The lowest BCUT2D eigenvalue weighted by Crippen LogP contribution is -2.16. The third-order valence-electron chi connectivity index (χ3n) is 2.33. The Bertz CT molecular complexity index is 345. The predicted octanol–water partition coefficient (Wildman–Crippen LogP) is -0.348. The minimum absolute atomic E-state index is 0.240. The third kappa shape index (κ3) is 2.50. The van der Waals surface area contributed by atoms with E-state index in [-0.39, 0.29) is 12.5 Å². The molecule has 1 aromatic rings. The van der Waals surface area contributed by atoms with Gasteiger partial charge in [0.2, 0.25) is 0 Å². The van der Waals surface area contributed by atoms with Crippen molar-refractivity contribution >= 4 is 5.97 Å². The largest absolute Gasteiger partial charge is 0.480 e. The Kier molecular flexibility index (Phi) is 2.91. The molecule has 0 amide bonds. The van der Waals surface area contributed by atoms with E-state index in [0.717, 1.165) is 17.6 Å². The van der Waals surface area contributed by atoms with E-state index in [9.17, 15) is 4.79 Å². The summed E-state index contributed by atoms with van der Waals surface area (Å²) >= 11 is 0. The molecule has 1 aromatic heterocycles. The summed E-state index contributed by atoms with van der Waals surface area (Å²) in [5.41, 5.74) is 0. The van der Waals surface area contributed by atoms with Gasteiger partial charge in [-0.05, 0) is 18.1 Å². The predicted molar refractivity (Wildman–Crippen MR) is 48.2 cm³/mol. The van der Waals surface area contributed by atoms with Crippen molar-refractivity contribution in [3.8, 4) is 0 Å². The number of carbonyl (C=O) groups is 1. The number of aromatic nitrogens is 4. The summed E-state index contributed by atoms with van der Waals surface area (Å²) in [6.45, 7) is 1.17. The number of hydrogen-bond acceptors (Lipinski definition) is 5. The second-order valence-corrected chi connectivity index (χ2v) is 3.46. The summed E-state index contributed by atoms with van der Waals surface area (Å²) in [6.07, 6.45) is 1.75. The fourth-order valence-corrected chi connectivity index (χ4v) is 1.56. The van der Waals surface area contributed by atoms with Gasteiger partial charge in [-0.25, -0.2) is 0 Å². The van der Waals surface area contributed by atoms with Crippen molar-refractivity contribution in [3.63, 3.8) is 0 Å². The number of ether oxygens (including phenoxy) is 1. The Morgan fingerprint density at radius 3 is 2.93 bits per heavy atom. The molecule has 0 radical (unpaired) electrons. The van der Waals surface area contributed by atoms with Crippen molar-refractivity contribution in [3.05, 3.63) is 5.82 Å². The monoisotopic (exact) mass is 212 g/mol. The van der Waals surface area contributed by atoms with Crippen molar-refractivity contribution in [1.29, 1.82) is 0 Å². The second kappa shape index (κ2) is 4.35. The minimum Gasteiger partial charge on any atom is -0.480 e. The Labute approximate surface area is 86.0 Å². The summed E-state index contributed by atoms with van der Waals surface area (Å²) in [7, 11) is 0. The van der Waals surface area contributed by atoms with Crippen LogP contribution in [0, 0.1) is 0 Å². The van der Waals surface area contributed by atoms with Gasteiger partial charge in [0, 0.05) is 19.1 Å². The molecular formula is C8H12N4O3. The van der Waals surface area contributed by atoms with Gasteiger partial charge in [-0.1, -0.05) is 0 Å². The molecule has 0 saturated carbocycles. The molecule has 82 valence electrons. The molecule has 2 heterocycles. The van der Waals surface area contributed by atoms with Crippen LogP contribution in [-0.4, -0.2) is 44.5 Å². The van der Waals surface area contributed by atoms with Gasteiger partial charge >= 0.3 is 5.97 Å². The van der Waals surface area contributed by atoms with Crippen molar-refractivity contribution in [2.24, 2.45) is 0 Å². The van der Waals surface area contributed by atoms with Crippen molar-refractivity contribution in [2.75, 3.05) is 13.2 Å². The maximum atomic E-state index is 10.4. The van der Waals surface area contributed by atoms with Gasteiger partial charge in [0.05, 0.1) is 0 Å². The van der Waals surface area contributed by atoms with Crippen LogP contribution in [0.1, 0.15) is 24.6 Å². The lowest BCUT2D eigenvalue weighted by Gasteiger charge is -2.18. The van der Waals surface area contributed by atoms with Crippen LogP contribution in [0.3, 0.4) is 0 Å². The molecule has 7 heteroatoms. The summed E-state index contributed by atoms with van der Waals surface area (Å²) in [6, 6.07) is 0. The van der Waals surface area contributed by atoms with Crippen LogP contribution in [0.4, 0.5) is 0 Å². The SMILES string of the molecule is O=C(O)Cn1nnc(C2CCOCC2)n1. The molecule has 0 bridgehead atoms. The lowest BCUT2D eigenvalue weighted by molar-refractivity contribution is -0.138. The molecular weight excluding hydrogens is 200 g/mol. The second-order valence-electron chi connectivity index (χ2n) is 3.46. The highest BCUT2D eigenvalue weighted by Gasteiger charge is 2.20. The Balaban J connectivity index is 2.02. The zero-order chi connectivity index (χ0) is 10.7. The fraction of sp³-hybridized carbons (Fsp3) is 0.750. The summed E-state index contributed by atoms with van der Waals surface area (Å²) in [5.74, 6) is -0.0910. The van der Waals surface area contributed by atoms with Gasteiger partial charge in [0.25, 0.3) is 0 Å². The smallest absolute Gasteiger partial charge is 0.327 e. The molecule has 0 spiro atoms. The lowest BCUT2D eigenvalue weighted by atomic mass is 10.00. The van der Waals surface area contributed by atoms with Crippen molar-refractivity contribution in [1.82, 2.24) is 20.2 Å². The first-order chi connectivity index (χ1) is 7.25. The van der Waals surface area contributed by atoms with Crippen LogP contribution in [0.5, 0.6) is 0 Å². The summed E-state index contributed by atoms with van der Waals surface area (Å²) in [5, 5.41) is 20.1. The molecule has 2 rings (SSSR count). The number of aliphatic carboxylic acids is 1. The molecule has 7 nitrogen and oxygen atoms in total. The van der Waals surface area contributed by atoms with E-state index in [4.69, 9.17) is 9.84 Å². The molecule has 0 aromatic carbocycles. The maximum absolute atomic E-state index is 10.4. The number of hydrogen-bond donors (Lipinski definition) is 1. The standard InChI is InChI=1S/C8H12N4O3/c13-7(14)5-12-10-8(9-11-12)6-1-3-15-4-2-6/h6H,1-5H2,(H,13,14). The zero-order valence-corrected chi connectivity index (χ0v) is 8.17. The van der Waals surface area contributed by atoms with Crippen LogP contribution in [0.15, 0.2) is 0 Å². The average molecular weight is 212 g/mol. The highest BCUT2D eigenvalue weighted by atomic mass is 16.5. The molecule has 0 aliphatic carbocycles. The molecule has 1 N–H and O–H groups in total. The van der Waals surface area contributed by atoms with E-state index in [1.54, 1.807) is 0 Å². The third-order valence-corrected chi connectivity index (χ3v) is 2.33. The topological polar surface area (TPSA) is 90.1 Å². The van der Waals surface area contributed by atoms with Crippen molar-refractivity contribution < 1.29 is 14.6 Å². The number of carboxylic acid groups (broad SMARTS) is 1. The molecule has 0 atom stereocenters. The van der Waals surface area contributed by atoms with Gasteiger partial charge in [-0.3, -0.25) is 4.79 Å². The van der Waals surface area contributed by atoms with E-state index < -0.39 is 5.97 Å². The molecule has 15 heavy (non-hydrogen) atoms. The molecule has 0 unspecified atom stereocenters. The Morgan fingerprint density at radius 1 is 1.53 bits per heavy atom. The van der Waals surface area contributed by atoms with Crippen LogP contribution in [0.2, 0.25) is 0 Å². The Morgan fingerprint density at radius 2 is 2.27 bits per heavy atom. The van der Waals surface area contributed by atoms with E-state index in [1.165, 1.54) is 0 Å². The number of nitrogens with zero attached hydrogens (tertiary/aromatic N) is 4. The van der Waals surface area contributed by atoms with Gasteiger partial charge in [-0.15, -0.1) is 10.2 Å². The average Bonchev–Trinajstić information content (AvgIpc) is 2.67. The normalized spacial score (nSPS) is 17.9. The first kappa shape index (κ1) is 10.0. The van der Waals surface area contributed by atoms with Gasteiger partial charge in [-0.2, -0.15) is 4.80 Å². The van der Waals surface area contributed by atoms with E-state index in [2.05, 4.69) is 15.4 Å². The summed E-state index contributed by atoms with van der Waals surface area (Å²) in [4.78, 5) is 11.5.